The zero-order valence-electron chi connectivity index (χ0n) is 9.39. The van der Waals surface area contributed by atoms with Crippen molar-refractivity contribution in [2.75, 3.05) is 6.54 Å². The Morgan fingerprint density at radius 2 is 2.19 bits per heavy atom. The minimum atomic E-state index is -0.693. The van der Waals surface area contributed by atoms with Gasteiger partial charge in [0.15, 0.2) is 5.78 Å². The lowest BCUT2D eigenvalue weighted by molar-refractivity contribution is 0.0815. The molecule has 0 saturated carbocycles. The van der Waals surface area contributed by atoms with E-state index in [1.165, 1.54) is 12.1 Å². The highest BCUT2D eigenvalue weighted by Gasteiger charge is 2.32. The Bertz CT molecular complexity index is 402. The van der Waals surface area contributed by atoms with Crippen molar-refractivity contribution in [1.82, 2.24) is 0 Å². The molecule has 4 heteroatoms. The third-order valence-electron chi connectivity index (χ3n) is 2.95. The average Bonchev–Trinajstić information content (AvgIpc) is 2.30. The summed E-state index contributed by atoms with van der Waals surface area (Å²) in [5.41, 5.74) is 5.00. The molecule has 0 aliphatic carbocycles. The van der Waals surface area contributed by atoms with E-state index in [1.807, 2.05) is 6.92 Å². The highest BCUT2D eigenvalue weighted by molar-refractivity contribution is 9.10. The van der Waals surface area contributed by atoms with Gasteiger partial charge in [0.05, 0.1) is 5.56 Å². The monoisotopic (exact) mass is 287 g/mol. The van der Waals surface area contributed by atoms with E-state index in [-0.39, 0.29) is 17.9 Å². The zero-order chi connectivity index (χ0) is 12.3. The summed E-state index contributed by atoms with van der Waals surface area (Å²) in [5.74, 6) is -0.738. The second-order valence-corrected chi connectivity index (χ2v) is 4.99. The van der Waals surface area contributed by atoms with Gasteiger partial charge in [-0.05, 0) is 24.6 Å². The molecule has 2 nitrogen and oxygen atoms in total. The SMILES string of the molecule is CCC(C)(CN)C(=O)c1cc(Br)ccc1F. The molecule has 1 atom stereocenters. The van der Waals surface area contributed by atoms with Crippen LogP contribution < -0.4 is 5.73 Å². The van der Waals surface area contributed by atoms with Gasteiger partial charge in [-0.3, -0.25) is 4.79 Å². The molecule has 1 aromatic rings. The smallest absolute Gasteiger partial charge is 0.172 e. The molecule has 0 fully saturated rings. The van der Waals surface area contributed by atoms with Crippen molar-refractivity contribution in [2.24, 2.45) is 11.1 Å². The van der Waals surface area contributed by atoms with Gasteiger partial charge in [-0.15, -0.1) is 0 Å². The Morgan fingerprint density at radius 1 is 1.56 bits per heavy atom. The number of halogens is 2. The number of carbonyl (C=O) groups excluding carboxylic acids is 1. The van der Waals surface area contributed by atoms with Crippen molar-refractivity contribution < 1.29 is 9.18 Å². The number of hydrogen-bond acceptors (Lipinski definition) is 2. The van der Waals surface area contributed by atoms with E-state index in [0.717, 1.165) is 0 Å². The van der Waals surface area contributed by atoms with Crippen LogP contribution in [-0.2, 0) is 0 Å². The molecule has 0 saturated heterocycles. The van der Waals surface area contributed by atoms with Gasteiger partial charge in [0, 0.05) is 16.4 Å². The highest BCUT2D eigenvalue weighted by Crippen LogP contribution is 2.27. The summed E-state index contributed by atoms with van der Waals surface area (Å²) in [6, 6.07) is 4.35. The van der Waals surface area contributed by atoms with Crippen molar-refractivity contribution in [2.45, 2.75) is 20.3 Å². The van der Waals surface area contributed by atoms with Gasteiger partial charge in [-0.25, -0.2) is 4.39 Å². The zero-order valence-corrected chi connectivity index (χ0v) is 11.0. The van der Waals surface area contributed by atoms with Crippen LogP contribution in [0.4, 0.5) is 4.39 Å². The molecule has 0 bridgehead atoms. The molecule has 0 aliphatic rings. The highest BCUT2D eigenvalue weighted by atomic mass is 79.9. The summed E-state index contributed by atoms with van der Waals surface area (Å²) in [5, 5.41) is 0. The topological polar surface area (TPSA) is 43.1 Å². The second-order valence-electron chi connectivity index (χ2n) is 4.07. The molecule has 1 rings (SSSR count). The third-order valence-corrected chi connectivity index (χ3v) is 3.45. The van der Waals surface area contributed by atoms with Crippen LogP contribution in [0.25, 0.3) is 0 Å². The average molecular weight is 288 g/mol. The van der Waals surface area contributed by atoms with E-state index >= 15 is 0 Å². The van der Waals surface area contributed by atoms with Gasteiger partial charge in [0.25, 0.3) is 0 Å². The van der Waals surface area contributed by atoms with Crippen molar-refractivity contribution >= 4 is 21.7 Å². The molecule has 2 N–H and O–H groups in total. The predicted molar refractivity (Wildman–Crippen MR) is 65.9 cm³/mol. The largest absolute Gasteiger partial charge is 0.329 e. The van der Waals surface area contributed by atoms with E-state index in [9.17, 15) is 9.18 Å². The van der Waals surface area contributed by atoms with Gasteiger partial charge >= 0.3 is 0 Å². The van der Waals surface area contributed by atoms with E-state index < -0.39 is 11.2 Å². The Kier molecular flexibility index (Phi) is 4.21. The van der Waals surface area contributed by atoms with Crippen LogP contribution >= 0.6 is 15.9 Å². The lowest BCUT2D eigenvalue weighted by Gasteiger charge is -2.24. The van der Waals surface area contributed by atoms with Crippen LogP contribution in [0.3, 0.4) is 0 Å². The first kappa shape index (κ1) is 13.3. The maximum absolute atomic E-state index is 13.5. The van der Waals surface area contributed by atoms with Crippen molar-refractivity contribution in [3.63, 3.8) is 0 Å². The normalized spacial score (nSPS) is 14.6. The van der Waals surface area contributed by atoms with Gasteiger partial charge in [-0.1, -0.05) is 29.8 Å². The Balaban J connectivity index is 3.18. The Labute approximate surface area is 103 Å². The maximum atomic E-state index is 13.5. The number of Topliss-reactive ketones (excluding diaryl/α,β-unsaturated/α-hetero) is 1. The van der Waals surface area contributed by atoms with Crippen molar-refractivity contribution in [1.29, 1.82) is 0 Å². The molecule has 88 valence electrons. The first-order valence-electron chi connectivity index (χ1n) is 5.14. The summed E-state index contributed by atoms with van der Waals surface area (Å²) >= 11 is 3.23. The number of carbonyl (C=O) groups is 1. The maximum Gasteiger partial charge on any atom is 0.172 e. The number of hydrogen-bond donors (Lipinski definition) is 1. The number of rotatable bonds is 4. The lowest BCUT2D eigenvalue weighted by atomic mass is 9.80. The first-order valence-corrected chi connectivity index (χ1v) is 5.94. The standard InChI is InChI=1S/C12H15BrFNO/c1-3-12(2,7-15)11(16)9-6-8(13)4-5-10(9)14/h4-6H,3,7,15H2,1-2H3. The molecule has 0 aliphatic heterocycles. The van der Waals surface area contributed by atoms with Gasteiger partial charge in [0.2, 0.25) is 0 Å². The fraction of sp³-hybridized carbons (Fsp3) is 0.417. The molecule has 0 aromatic heterocycles. The van der Waals surface area contributed by atoms with Crippen molar-refractivity contribution in [3.8, 4) is 0 Å². The van der Waals surface area contributed by atoms with E-state index in [4.69, 9.17) is 5.73 Å². The van der Waals surface area contributed by atoms with Crippen LogP contribution in [0.15, 0.2) is 22.7 Å². The minimum absolute atomic E-state index is 0.101. The predicted octanol–water partition coefficient (Wildman–Crippen LogP) is 3.15. The van der Waals surface area contributed by atoms with Gasteiger partial charge < -0.3 is 5.73 Å². The summed E-state index contributed by atoms with van der Waals surface area (Å²) in [6.07, 6.45) is 0.592. The molecule has 1 aromatic carbocycles. The van der Waals surface area contributed by atoms with Crippen molar-refractivity contribution in [3.05, 3.63) is 34.1 Å². The van der Waals surface area contributed by atoms with Gasteiger partial charge in [-0.2, -0.15) is 0 Å². The Hall–Kier alpha value is -0.740. The molecule has 0 heterocycles. The van der Waals surface area contributed by atoms with Crippen LogP contribution in [0.1, 0.15) is 30.6 Å². The van der Waals surface area contributed by atoms with E-state index in [2.05, 4.69) is 15.9 Å². The lowest BCUT2D eigenvalue weighted by Crippen LogP contribution is -2.35. The number of nitrogens with two attached hydrogens (primary N) is 1. The minimum Gasteiger partial charge on any atom is -0.329 e. The van der Waals surface area contributed by atoms with E-state index in [0.29, 0.717) is 10.9 Å². The number of benzene rings is 1. The molecule has 1 unspecified atom stereocenters. The molecular weight excluding hydrogens is 273 g/mol. The summed E-state index contributed by atoms with van der Waals surface area (Å²) < 4.78 is 14.2. The number of ketones is 1. The van der Waals surface area contributed by atoms with Gasteiger partial charge in [0.1, 0.15) is 5.82 Å². The van der Waals surface area contributed by atoms with Crippen LogP contribution in [0.5, 0.6) is 0 Å². The summed E-state index contributed by atoms with van der Waals surface area (Å²) in [4.78, 5) is 12.2. The van der Waals surface area contributed by atoms with Crippen LogP contribution in [0.2, 0.25) is 0 Å². The molecule has 0 amide bonds. The summed E-state index contributed by atoms with van der Waals surface area (Å²) in [6.45, 7) is 3.85. The van der Waals surface area contributed by atoms with E-state index in [1.54, 1.807) is 13.0 Å². The quantitative estimate of drug-likeness (QED) is 0.865. The third kappa shape index (κ3) is 2.50. The molecule has 16 heavy (non-hydrogen) atoms. The fourth-order valence-electron chi connectivity index (χ4n) is 1.39. The summed E-state index contributed by atoms with van der Waals surface area (Å²) in [7, 11) is 0. The molecule has 0 spiro atoms. The van der Waals surface area contributed by atoms with Crippen LogP contribution in [-0.4, -0.2) is 12.3 Å². The fourth-order valence-corrected chi connectivity index (χ4v) is 1.76. The van der Waals surface area contributed by atoms with Crippen LogP contribution in [0, 0.1) is 11.2 Å². The first-order chi connectivity index (χ1) is 7.44. The second kappa shape index (κ2) is 5.06. The molecular formula is C12H15BrFNO. The Morgan fingerprint density at radius 3 is 2.69 bits per heavy atom. The molecule has 0 radical (unpaired) electrons.